The smallest absolute Gasteiger partial charge is 0.129 e. The van der Waals surface area contributed by atoms with Crippen LogP contribution in [0.3, 0.4) is 0 Å². The Labute approximate surface area is 135 Å². The minimum atomic E-state index is -0.338. The number of phenolic OH excluding ortho intramolecular Hbond substituents is 1. The molecule has 0 spiro atoms. The van der Waals surface area contributed by atoms with Gasteiger partial charge in [-0.2, -0.15) is 0 Å². The summed E-state index contributed by atoms with van der Waals surface area (Å²) in [5.41, 5.74) is 3.99. The number of benzene rings is 3. The summed E-state index contributed by atoms with van der Waals surface area (Å²) in [6, 6.07) is 18.1. The summed E-state index contributed by atoms with van der Waals surface area (Å²) in [5.74, 6) is 0.279. The molecule has 1 aliphatic rings. The average Bonchev–Trinajstić information content (AvgIpc) is 2.61. The van der Waals surface area contributed by atoms with Crippen LogP contribution in [-0.2, 0) is 9.47 Å². The normalized spacial score (nSPS) is 19.4. The largest absolute Gasteiger partial charge is 0.507 e. The van der Waals surface area contributed by atoms with Crippen molar-refractivity contribution >= 4 is 10.8 Å². The van der Waals surface area contributed by atoms with Gasteiger partial charge in [-0.3, -0.25) is 0 Å². The maximum Gasteiger partial charge on any atom is 0.129 e. The molecule has 1 N–H and O–H groups in total. The molecule has 0 bridgehead atoms. The number of hydrogen-bond donors (Lipinski definition) is 1. The van der Waals surface area contributed by atoms with Crippen molar-refractivity contribution in [1.29, 1.82) is 0 Å². The molecule has 1 aliphatic carbocycles. The fraction of sp³-hybridized carbons (Fsp3) is 0.200. The Balaban J connectivity index is 2.12. The predicted octanol–water partition coefficient (Wildman–Crippen LogP) is 4.60. The van der Waals surface area contributed by atoms with Crippen molar-refractivity contribution in [2.75, 3.05) is 14.2 Å². The molecule has 0 aliphatic heterocycles. The molecule has 0 heterocycles. The molecule has 4 rings (SSSR count). The third-order valence-electron chi connectivity index (χ3n) is 4.69. The van der Waals surface area contributed by atoms with Gasteiger partial charge in [0.05, 0.1) is 0 Å². The zero-order valence-electron chi connectivity index (χ0n) is 13.1. The van der Waals surface area contributed by atoms with Crippen LogP contribution in [-0.4, -0.2) is 19.3 Å². The number of hydrogen-bond acceptors (Lipinski definition) is 3. The quantitative estimate of drug-likeness (QED) is 0.752. The lowest BCUT2D eigenvalue weighted by molar-refractivity contribution is -0.0417. The minimum absolute atomic E-state index is 0.240. The monoisotopic (exact) mass is 306 g/mol. The molecular formula is C20H18O3. The van der Waals surface area contributed by atoms with Crippen molar-refractivity contribution in [3.8, 4) is 16.9 Å². The highest BCUT2D eigenvalue weighted by Gasteiger charge is 2.36. The molecule has 3 heteroatoms. The Morgan fingerprint density at radius 3 is 2.30 bits per heavy atom. The Morgan fingerprint density at radius 2 is 1.52 bits per heavy atom. The summed E-state index contributed by atoms with van der Waals surface area (Å²) in [4.78, 5) is 0. The van der Waals surface area contributed by atoms with Crippen LogP contribution in [0.4, 0.5) is 0 Å². The Kier molecular flexibility index (Phi) is 3.33. The van der Waals surface area contributed by atoms with Gasteiger partial charge in [0.2, 0.25) is 0 Å². The van der Waals surface area contributed by atoms with Crippen molar-refractivity contribution < 1.29 is 14.6 Å². The fourth-order valence-corrected chi connectivity index (χ4v) is 3.65. The molecule has 23 heavy (non-hydrogen) atoms. The van der Waals surface area contributed by atoms with Crippen LogP contribution >= 0.6 is 0 Å². The lowest BCUT2D eigenvalue weighted by atomic mass is 9.80. The van der Waals surface area contributed by atoms with E-state index in [4.69, 9.17) is 9.47 Å². The van der Waals surface area contributed by atoms with Crippen molar-refractivity contribution in [2.24, 2.45) is 0 Å². The van der Waals surface area contributed by atoms with E-state index in [1.165, 1.54) is 0 Å². The van der Waals surface area contributed by atoms with Crippen LogP contribution in [0, 0.1) is 0 Å². The van der Waals surface area contributed by atoms with E-state index >= 15 is 0 Å². The third kappa shape index (κ3) is 1.97. The summed E-state index contributed by atoms with van der Waals surface area (Å²) >= 11 is 0. The molecule has 0 fully saturated rings. The van der Waals surface area contributed by atoms with Gasteiger partial charge >= 0.3 is 0 Å². The van der Waals surface area contributed by atoms with Crippen LogP contribution < -0.4 is 0 Å². The standard InChI is InChI=1S/C20H18O3/c1-22-19-15-10-6-5-9-14(15)16-11-12-7-3-4-8-13(12)18(21)17(16)20(19)23-2/h3-11,19-21H,1-2H3. The third-order valence-corrected chi connectivity index (χ3v) is 4.69. The Bertz CT molecular complexity index is 885. The first-order valence-corrected chi connectivity index (χ1v) is 7.65. The highest BCUT2D eigenvalue weighted by molar-refractivity contribution is 5.96. The number of rotatable bonds is 2. The van der Waals surface area contributed by atoms with E-state index in [0.29, 0.717) is 0 Å². The van der Waals surface area contributed by atoms with Gasteiger partial charge in [0.15, 0.2) is 0 Å². The second kappa shape index (κ2) is 5.37. The maximum absolute atomic E-state index is 10.9. The van der Waals surface area contributed by atoms with Gasteiger partial charge in [-0.1, -0.05) is 48.5 Å². The van der Waals surface area contributed by atoms with E-state index in [2.05, 4.69) is 18.2 Å². The van der Waals surface area contributed by atoms with Gasteiger partial charge in [0.25, 0.3) is 0 Å². The fourth-order valence-electron chi connectivity index (χ4n) is 3.65. The molecule has 116 valence electrons. The van der Waals surface area contributed by atoms with E-state index in [-0.39, 0.29) is 18.0 Å². The van der Waals surface area contributed by atoms with Crippen molar-refractivity contribution in [3.05, 3.63) is 65.7 Å². The summed E-state index contributed by atoms with van der Waals surface area (Å²) in [6.45, 7) is 0. The number of fused-ring (bicyclic) bond motifs is 4. The van der Waals surface area contributed by atoms with E-state index in [1.807, 2.05) is 36.4 Å². The number of phenols is 1. The first kappa shape index (κ1) is 14.2. The van der Waals surface area contributed by atoms with E-state index in [0.717, 1.165) is 33.0 Å². The van der Waals surface area contributed by atoms with Gasteiger partial charge in [-0.25, -0.2) is 0 Å². The average molecular weight is 306 g/mol. The molecule has 0 radical (unpaired) electrons. The summed E-state index contributed by atoms with van der Waals surface area (Å²) in [6.07, 6.45) is -0.578. The van der Waals surface area contributed by atoms with Gasteiger partial charge in [0.1, 0.15) is 18.0 Å². The summed E-state index contributed by atoms with van der Waals surface area (Å²) in [5, 5.41) is 12.8. The highest BCUT2D eigenvalue weighted by Crippen LogP contribution is 2.52. The number of aromatic hydroxyl groups is 1. The molecule has 0 aromatic heterocycles. The molecule has 2 atom stereocenters. The molecule has 0 amide bonds. The van der Waals surface area contributed by atoms with Gasteiger partial charge in [-0.05, 0) is 28.1 Å². The molecule has 3 aromatic rings. The van der Waals surface area contributed by atoms with Crippen molar-refractivity contribution in [2.45, 2.75) is 12.2 Å². The van der Waals surface area contributed by atoms with Crippen molar-refractivity contribution in [3.63, 3.8) is 0 Å². The zero-order valence-corrected chi connectivity index (χ0v) is 13.1. The molecule has 3 aromatic carbocycles. The second-order valence-electron chi connectivity index (χ2n) is 5.81. The van der Waals surface area contributed by atoms with E-state index < -0.39 is 0 Å². The minimum Gasteiger partial charge on any atom is -0.507 e. The van der Waals surface area contributed by atoms with Gasteiger partial charge in [-0.15, -0.1) is 0 Å². The number of methoxy groups -OCH3 is 2. The Morgan fingerprint density at radius 1 is 0.826 bits per heavy atom. The molecule has 0 saturated carbocycles. The number of ether oxygens (including phenoxy) is 2. The molecule has 0 saturated heterocycles. The van der Waals surface area contributed by atoms with Crippen LogP contribution in [0.2, 0.25) is 0 Å². The van der Waals surface area contributed by atoms with Crippen molar-refractivity contribution in [1.82, 2.24) is 0 Å². The van der Waals surface area contributed by atoms with Crippen LogP contribution in [0.1, 0.15) is 23.3 Å². The Hall–Kier alpha value is -2.36. The topological polar surface area (TPSA) is 38.7 Å². The zero-order chi connectivity index (χ0) is 16.0. The van der Waals surface area contributed by atoms with E-state index in [1.54, 1.807) is 14.2 Å². The van der Waals surface area contributed by atoms with Gasteiger partial charge < -0.3 is 14.6 Å². The van der Waals surface area contributed by atoms with E-state index in [9.17, 15) is 5.11 Å². The molecular weight excluding hydrogens is 288 g/mol. The second-order valence-corrected chi connectivity index (χ2v) is 5.81. The van der Waals surface area contributed by atoms with Gasteiger partial charge in [0, 0.05) is 25.2 Å². The first-order valence-electron chi connectivity index (χ1n) is 7.65. The molecule has 3 nitrogen and oxygen atoms in total. The predicted molar refractivity (Wildman–Crippen MR) is 90.5 cm³/mol. The maximum atomic E-state index is 10.9. The molecule has 2 unspecified atom stereocenters. The first-order chi connectivity index (χ1) is 11.3. The lowest BCUT2D eigenvalue weighted by Crippen LogP contribution is -2.21. The van der Waals surface area contributed by atoms with Crippen LogP contribution in [0.5, 0.6) is 5.75 Å². The lowest BCUT2D eigenvalue weighted by Gasteiger charge is -2.34. The SMILES string of the molecule is COC1c2ccccc2-c2cc3ccccc3c(O)c2C1OC. The van der Waals surface area contributed by atoms with Crippen LogP contribution in [0.25, 0.3) is 21.9 Å². The highest BCUT2D eigenvalue weighted by atomic mass is 16.5. The van der Waals surface area contributed by atoms with Crippen LogP contribution in [0.15, 0.2) is 54.6 Å². The summed E-state index contributed by atoms with van der Waals surface area (Å²) < 4.78 is 11.4. The summed E-state index contributed by atoms with van der Waals surface area (Å²) in [7, 11) is 3.33.